The zero-order valence-electron chi connectivity index (χ0n) is 11.4. The van der Waals surface area contributed by atoms with Crippen LogP contribution in [0.15, 0.2) is 0 Å². The average molecular weight is 263 g/mol. The molecule has 0 amide bonds. The summed E-state index contributed by atoms with van der Waals surface area (Å²) in [6, 6.07) is 0. The molecule has 0 aliphatic carbocycles. The van der Waals surface area contributed by atoms with Gasteiger partial charge in [-0.1, -0.05) is 27.7 Å². The third kappa shape index (κ3) is 6.63. The van der Waals surface area contributed by atoms with E-state index >= 15 is 0 Å². The van der Waals surface area contributed by atoms with Gasteiger partial charge in [0, 0.05) is 19.5 Å². The number of sulfonamides is 1. The van der Waals surface area contributed by atoms with E-state index in [0.717, 1.165) is 0 Å². The number of nitrogens with zero attached hydrogens (tertiary/aromatic N) is 1. The molecule has 6 heteroatoms. The van der Waals surface area contributed by atoms with Gasteiger partial charge in [-0.05, 0) is 11.8 Å². The van der Waals surface area contributed by atoms with Crippen molar-refractivity contribution in [1.29, 1.82) is 5.41 Å². The minimum absolute atomic E-state index is 0.000101. The molecule has 5 nitrogen and oxygen atoms in total. The zero-order valence-corrected chi connectivity index (χ0v) is 12.3. The molecule has 0 spiro atoms. The van der Waals surface area contributed by atoms with Gasteiger partial charge < -0.3 is 5.73 Å². The van der Waals surface area contributed by atoms with E-state index in [1.807, 2.05) is 20.8 Å². The maximum Gasteiger partial charge on any atom is 0.213 e. The summed E-state index contributed by atoms with van der Waals surface area (Å²) in [4.78, 5) is 0. The van der Waals surface area contributed by atoms with Gasteiger partial charge >= 0.3 is 0 Å². The second-order valence-corrected chi connectivity index (χ2v) is 7.96. The van der Waals surface area contributed by atoms with Crippen molar-refractivity contribution in [3.05, 3.63) is 0 Å². The first-order valence-electron chi connectivity index (χ1n) is 5.73. The van der Waals surface area contributed by atoms with E-state index in [1.54, 1.807) is 6.92 Å². The summed E-state index contributed by atoms with van der Waals surface area (Å²) in [5.41, 5.74) is 5.33. The summed E-state index contributed by atoms with van der Waals surface area (Å²) in [6.45, 7) is 8.06. The molecule has 0 aliphatic rings. The normalized spacial score (nSPS) is 14.9. The van der Waals surface area contributed by atoms with Crippen LogP contribution in [0.2, 0.25) is 0 Å². The fourth-order valence-corrected chi connectivity index (χ4v) is 2.82. The Hall–Kier alpha value is -0.620. The number of amidine groups is 1. The van der Waals surface area contributed by atoms with E-state index < -0.39 is 10.0 Å². The van der Waals surface area contributed by atoms with Gasteiger partial charge in [0.05, 0.1) is 11.6 Å². The van der Waals surface area contributed by atoms with Gasteiger partial charge in [-0.3, -0.25) is 5.41 Å². The number of nitrogens with two attached hydrogens (primary N) is 1. The molecule has 0 aliphatic heterocycles. The van der Waals surface area contributed by atoms with Crippen LogP contribution in [0.25, 0.3) is 0 Å². The lowest BCUT2D eigenvalue weighted by Crippen LogP contribution is -2.37. The lowest BCUT2D eigenvalue weighted by molar-refractivity contribution is 0.386. The lowest BCUT2D eigenvalue weighted by atomic mass is 9.94. The van der Waals surface area contributed by atoms with Crippen molar-refractivity contribution in [3.63, 3.8) is 0 Å². The van der Waals surface area contributed by atoms with E-state index in [9.17, 15) is 8.42 Å². The van der Waals surface area contributed by atoms with Gasteiger partial charge in [-0.25, -0.2) is 12.7 Å². The van der Waals surface area contributed by atoms with Gasteiger partial charge in [0.25, 0.3) is 0 Å². The maximum atomic E-state index is 11.9. The van der Waals surface area contributed by atoms with Crippen molar-refractivity contribution in [2.24, 2.45) is 17.1 Å². The summed E-state index contributed by atoms with van der Waals surface area (Å²) in [5.74, 6) is -0.0928. The Kier molecular flexibility index (Phi) is 5.61. The third-order valence-corrected chi connectivity index (χ3v) is 4.47. The zero-order chi connectivity index (χ0) is 13.9. The molecule has 0 heterocycles. The Labute approximate surface area is 105 Å². The smallest absolute Gasteiger partial charge is 0.213 e. The molecule has 0 saturated carbocycles. The molecule has 0 bridgehead atoms. The van der Waals surface area contributed by atoms with Crippen LogP contribution in [0.1, 0.15) is 34.1 Å². The molecule has 0 saturated heterocycles. The van der Waals surface area contributed by atoms with Crippen molar-refractivity contribution in [2.45, 2.75) is 34.1 Å². The van der Waals surface area contributed by atoms with E-state index in [4.69, 9.17) is 11.1 Å². The molecule has 102 valence electrons. The number of rotatable bonds is 6. The summed E-state index contributed by atoms with van der Waals surface area (Å²) in [7, 11) is -1.70. The first-order valence-corrected chi connectivity index (χ1v) is 7.34. The predicted molar refractivity (Wildman–Crippen MR) is 71.6 cm³/mol. The maximum absolute atomic E-state index is 11.9. The molecule has 0 aromatic carbocycles. The van der Waals surface area contributed by atoms with Crippen molar-refractivity contribution >= 4 is 15.9 Å². The Bertz CT molecular complexity index is 357. The highest BCUT2D eigenvalue weighted by Crippen LogP contribution is 2.20. The first kappa shape index (κ1) is 16.4. The van der Waals surface area contributed by atoms with E-state index in [0.29, 0.717) is 6.42 Å². The summed E-state index contributed by atoms with van der Waals surface area (Å²) < 4.78 is 25.2. The summed E-state index contributed by atoms with van der Waals surface area (Å²) in [5, 5.41) is 7.26. The van der Waals surface area contributed by atoms with E-state index in [2.05, 4.69) is 0 Å². The topological polar surface area (TPSA) is 87.2 Å². The van der Waals surface area contributed by atoms with Crippen LogP contribution in [-0.4, -0.2) is 37.9 Å². The minimum atomic E-state index is -3.24. The van der Waals surface area contributed by atoms with Crippen LogP contribution in [0.3, 0.4) is 0 Å². The molecule has 3 N–H and O–H groups in total. The Morgan fingerprint density at radius 1 is 1.41 bits per heavy atom. The van der Waals surface area contributed by atoms with E-state index in [-0.39, 0.29) is 29.5 Å². The highest BCUT2D eigenvalue weighted by atomic mass is 32.2. The molecule has 1 atom stereocenters. The van der Waals surface area contributed by atoms with Crippen LogP contribution in [-0.2, 0) is 10.0 Å². The Morgan fingerprint density at radius 2 is 1.88 bits per heavy atom. The molecule has 0 rings (SSSR count). The van der Waals surface area contributed by atoms with Gasteiger partial charge in [0.2, 0.25) is 10.0 Å². The van der Waals surface area contributed by atoms with Gasteiger partial charge in [0.1, 0.15) is 0 Å². The quantitative estimate of drug-likeness (QED) is 0.558. The molecule has 0 fully saturated rings. The standard InChI is InChI=1S/C11H25N3O2S/c1-9(10(12)13)8-14(5)17(15,16)7-6-11(2,3)4/h9H,6-8H2,1-5H3,(H3,12,13). The number of nitrogens with one attached hydrogen (secondary N) is 1. The molecule has 0 aromatic heterocycles. The van der Waals surface area contributed by atoms with Gasteiger partial charge in [-0.2, -0.15) is 0 Å². The fraction of sp³-hybridized carbons (Fsp3) is 0.909. The van der Waals surface area contributed by atoms with Crippen LogP contribution >= 0.6 is 0 Å². The van der Waals surface area contributed by atoms with Crippen LogP contribution < -0.4 is 5.73 Å². The van der Waals surface area contributed by atoms with Gasteiger partial charge in [-0.15, -0.1) is 0 Å². The minimum Gasteiger partial charge on any atom is -0.387 e. The number of hydrogen-bond donors (Lipinski definition) is 2. The summed E-state index contributed by atoms with van der Waals surface area (Å²) in [6.07, 6.45) is 0.619. The molecule has 17 heavy (non-hydrogen) atoms. The van der Waals surface area contributed by atoms with Crippen molar-refractivity contribution in [2.75, 3.05) is 19.3 Å². The highest BCUT2D eigenvalue weighted by molar-refractivity contribution is 7.89. The molecule has 0 radical (unpaired) electrons. The number of hydrogen-bond acceptors (Lipinski definition) is 3. The fourth-order valence-electron chi connectivity index (χ4n) is 1.19. The van der Waals surface area contributed by atoms with Crippen LogP contribution in [0.5, 0.6) is 0 Å². The van der Waals surface area contributed by atoms with E-state index in [1.165, 1.54) is 11.4 Å². The van der Waals surface area contributed by atoms with Crippen molar-refractivity contribution in [3.8, 4) is 0 Å². The molecular weight excluding hydrogens is 238 g/mol. The van der Waals surface area contributed by atoms with Crippen LogP contribution in [0.4, 0.5) is 0 Å². The second kappa shape index (κ2) is 5.82. The van der Waals surface area contributed by atoms with Gasteiger partial charge in [0.15, 0.2) is 0 Å². The lowest BCUT2D eigenvalue weighted by Gasteiger charge is -2.23. The van der Waals surface area contributed by atoms with Crippen molar-refractivity contribution in [1.82, 2.24) is 4.31 Å². The third-order valence-electron chi connectivity index (χ3n) is 2.65. The average Bonchev–Trinajstić information content (AvgIpc) is 2.13. The Balaban J connectivity index is 4.46. The SMILES string of the molecule is CC(CN(C)S(=O)(=O)CCC(C)(C)C)C(=N)N. The molecule has 0 aromatic rings. The molecular formula is C11H25N3O2S. The summed E-state index contributed by atoms with van der Waals surface area (Å²) >= 11 is 0. The molecule has 1 unspecified atom stereocenters. The largest absolute Gasteiger partial charge is 0.387 e. The Morgan fingerprint density at radius 3 is 2.24 bits per heavy atom. The monoisotopic (exact) mass is 263 g/mol. The van der Waals surface area contributed by atoms with Crippen LogP contribution in [0, 0.1) is 16.7 Å². The van der Waals surface area contributed by atoms with Crippen molar-refractivity contribution < 1.29 is 8.42 Å². The first-order chi connectivity index (χ1) is 7.46. The second-order valence-electron chi connectivity index (χ2n) is 5.76. The predicted octanol–water partition coefficient (Wildman–Crippen LogP) is 1.26. The highest BCUT2D eigenvalue weighted by Gasteiger charge is 2.23.